The summed E-state index contributed by atoms with van der Waals surface area (Å²) in [5.74, 6) is 1.67. The van der Waals surface area contributed by atoms with E-state index in [-0.39, 0.29) is 16.2 Å². The van der Waals surface area contributed by atoms with Crippen molar-refractivity contribution >= 4 is 0 Å². The van der Waals surface area contributed by atoms with Gasteiger partial charge in [0, 0.05) is 35.4 Å². The maximum Gasteiger partial charge on any atom is 0.219 e. The summed E-state index contributed by atoms with van der Waals surface area (Å²) in [6.45, 7) is 39.4. The van der Waals surface area contributed by atoms with E-state index < -0.39 is 0 Å². The number of hydrogen-bond acceptors (Lipinski definition) is 0. The number of pyridine rings is 1. The predicted molar refractivity (Wildman–Crippen MR) is 296 cm³/mol. The minimum absolute atomic E-state index is 0.0309. The predicted octanol–water partition coefficient (Wildman–Crippen LogP) is 18.4. The second kappa shape index (κ2) is 19.8. The minimum atomic E-state index is -0.0309. The third-order valence-corrected chi connectivity index (χ3v) is 13.6. The third-order valence-electron chi connectivity index (χ3n) is 13.6. The molecule has 0 bridgehead atoms. The molecule has 354 valence electrons. The highest BCUT2D eigenvalue weighted by atomic mass is 15.0. The first-order valence-corrected chi connectivity index (χ1v) is 25.7. The second-order valence-corrected chi connectivity index (χ2v) is 24.5. The van der Waals surface area contributed by atoms with Crippen LogP contribution in [0.15, 0.2) is 133 Å². The maximum absolute atomic E-state index is 2.62. The second-order valence-electron chi connectivity index (χ2n) is 24.5. The van der Waals surface area contributed by atoms with Crippen LogP contribution in [-0.2, 0) is 35.5 Å². The van der Waals surface area contributed by atoms with Crippen molar-refractivity contribution in [3.8, 4) is 61.6 Å². The molecule has 1 aromatic heterocycles. The standard InChI is InChI=1S/C67H82N/c1-43(2)30-48-18-20-52(21-19-48)61-41-60(42-62(47(61)8)53-24-28-58(29-25-53)66(12,13)14)68-63(55-33-46(7)34-59(38-55)67(15,16)17)39-54(51-22-26-57(27-23-51)65(9,10)11)40-64(68)56-36-49(31-44(3)4)35-50(37-56)32-45(5)6/h18-29,33-45H,30-32H2,1-17H3/q+1. The molecule has 6 aromatic carbocycles. The van der Waals surface area contributed by atoms with E-state index in [0.29, 0.717) is 17.8 Å². The molecule has 0 radical (unpaired) electrons. The Morgan fingerprint density at radius 1 is 0.353 bits per heavy atom. The number of aryl methyl sites for hydroxylation is 1. The van der Waals surface area contributed by atoms with Crippen LogP contribution < -0.4 is 4.57 Å². The minimum Gasteiger partial charge on any atom is -0.153 e. The van der Waals surface area contributed by atoms with Gasteiger partial charge in [0.05, 0.1) is 0 Å². The van der Waals surface area contributed by atoms with Gasteiger partial charge in [-0.2, -0.15) is 4.57 Å². The van der Waals surface area contributed by atoms with E-state index in [4.69, 9.17) is 0 Å². The number of nitrogens with zero attached hydrogens (tertiary/aromatic N) is 1. The molecule has 0 aliphatic heterocycles. The van der Waals surface area contributed by atoms with Gasteiger partial charge in [0.1, 0.15) is 0 Å². The van der Waals surface area contributed by atoms with Crippen LogP contribution in [0.2, 0.25) is 0 Å². The number of benzene rings is 6. The summed E-state index contributed by atoms with van der Waals surface area (Å²) in [5.41, 5.74) is 24.3. The van der Waals surface area contributed by atoms with Crippen molar-refractivity contribution in [1.82, 2.24) is 0 Å². The zero-order valence-corrected chi connectivity index (χ0v) is 45.0. The Hall–Kier alpha value is -5.53. The van der Waals surface area contributed by atoms with Crippen molar-refractivity contribution < 1.29 is 4.57 Å². The molecule has 0 atom stereocenters. The van der Waals surface area contributed by atoms with Crippen LogP contribution in [0.3, 0.4) is 0 Å². The molecule has 1 heterocycles. The molecule has 0 saturated heterocycles. The highest BCUT2D eigenvalue weighted by Gasteiger charge is 2.30. The van der Waals surface area contributed by atoms with Crippen LogP contribution in [0.5, 0.6) is 0 Å². The van der Waals surface area contributed by atoms with Gasteiger partial charge in [-0.3, -0.25) is 0 Å². The Bertz CT molecular complexity index is 2830. The monoisotopic (exact) mass is 901 g/mol. The average Bonchev–Trinajstić information content (AvgIpc) is 3.24. The lowest BCUT2D eigenvalue weighted by atomic mass is 9.84. The molecule has 7 rings (SSSR count). The van der Waals surface area contributed by atoms with Crippen molar-refractivity contribution in [2.45, 2.75) is 153 Å². The zero-order chi connectivity index (χ0) is 49.5. The van der Waals surface area contributed by atoms with E-state index in [1.54, 1.807) is 0 Å². The van der Waals surface area contributed by atoms with E-state index in [0.717, 1.165) is 24.9 Å². The Morgan fingerprint density at radius 3 is 1.18 bits per heavy atom. The fourth-order valence-corrected chi connectivity index (χ4v) is 9.95. The van der Waals surface area contributed by atoms with Crippen molar-refractivity contribution in [3.05, 3.63) is 178 Å². The first-order valence-electron chi connectivity index (χ1n) is 25.7. The molecular weight excluding hydrogens is 819 g/mol. The quantitative estimate of drug-likeness (QED) is 0.108. The van der Waals surface area contributed by atoms with Gasteiger partial charge in [-0.25, -0.2) is 0 Å². The molecule has 0 N–H and O–H groups in total. The Kier molecular flexibility index (Phi) is 14.7. The molecule has 7 aromatic rings. The summed E-state index contributed by atoms with van der Waals surface area (Å²) < 4.78 is 2.62. The average molecular weight is 901 g/mol. The van der Waals surface area contributed by atoms with Crippen LogP contribution in [-0.4, -0.2) is 0 Å². The topological polar surface area (TPSA) is 3.88 Å². The molecule has 1 heteroatoms. The molecule has 0 fully saturated rings. The van der Waals surface area contributed by atoms with Crippen LogP contribution in [0, 0.1) is 31.6 Å². The summed E-state index contributed by atoms with van der Waals surface area (Å²) in [4.78, 5) is 0. The Labute approximate surface area is 413 Å². The van der Waals surface area contributed by atoms with Gasteiger partial charge in [-0.15, -0.1) is 0 Å². The van der Waals surface area contributed by atoms with E-state index in [2.05, 4.69) is 256 Å². The van der Waals surface area contributed by atoms with Gasteiger partial charge in [-0.1, -0.05) is 189 Å². The summed E-state index contributed by atoms with van der Waals surface area (Å²) in [5, 5.41) is 0. The molecule has 1 nitrogen and oxygen atoms in total. The molecule has 0 aliphatic rings. The van der Waals surface area contributed by atoms with E-state index in [1.165, 1.54) is 100 Å². The molecular formula is C67H82N+. The molecule has 68 heavy (non-hydrogen) atoms. The van der Waals surface area contributed by atoms with Crippen LogP contribution in [0.4, 0.5) is 0 Å². The van der Waals surface area contributed by atoms with Gasteiger partial charge < -0.3 is 0 Å². The van der Waals surface area contributed by atoms with E-state index >= 15 is 0 Å². The lowest BCUT2D eigenvalue weighted by Gasteiger charge is -2.22. The summed E-state index contributed by atoms with van der Waals surface area (Å²) in [6.07, 6.45) is 3.13. The van der Waals surface area contributed by atoms with Gasteiger partial charge in [-0.05, 0) is 169 Å². The van der Waals surface area contributed by atoms with Gasteiger partial charge in [0.2, 0.25) is 17.1 Å². The Morgan fingerprint density at radius 2 is 0.750 bits per heavy atom. The lowest BCUT2D eigenvalue weighted by Crippen LogP contribution is -2.37. The molecule has 0 spiro atoms. The smallest absolute Gasteiger partial charge is 0.153 e. The number of hydrogen-bond donors (Lipinski definition) is 0. The normalized spacial score (nSPS) is 12.5. The van der Waals surface area contributed by atoms with Crippen molar-refractivity contribution in [3.63, 3.8) is 0 Å². The first-order chi connectivity index (χ1) is 31.8. The highest BCUT2D eigenvalue weighted by molar-refractivity contribution is 5.82. The summed E-state index contributed by atoms with van der Waals surface area (Å²) in [7, 11) is 0. The Balaban J connectivity index is 1.66. The van der Waals surface area contributed by atoms with Crippen molar-refractivity contribution in [1.29, 1.82) is 0 Å². The molecule has 0 saturated carbocycles. The summed E-state index contributed by atoms with van der Waals surface area (Å²) in [6, 6.07) is 52.8. The lowest BCUT2D eigenvalue weighted by molar-refractivity contribution is -0.572. The van der Waals surface area contributed by atoms with Gasteiger partial charge >= 0.3 is 0 Å². The molecule has 0 aliphatic carbocycles. The van der Waals surface area contributed by atoms with Crippen LogP contribution in [0.25, 0.3) is 61.6 Å². The number of aromatic nitrogens is 1. The third kappa shape index (κ3) is 11.8. The summed E-state index contributed by atoms with van der Waals surface area (Å²) >= 11 is 0. The van der Waals surface area contributed by atoms with Crippen molar-refractivity contribution in [2.75, 3.05) is 0 Å². The fourth-order valence-electron chi connectivity index (χ4n) is 9.95. The highest BCUT2D eigenvalue weighted by Crippen LogP contribution is 2.39. The van der Waals surface area contributed by atoms with E-state index in [9.17, 15) is 0 Å². The van der Waals surface area contributed by atoms with Gasteiger partial charge in [0.25, 0.3) is 0 Å². The van der Waals surface area contributed by atoms with Crippen molar-refractivity contribution in [2.24, 2.45) is 17.8 Å². The molecule has 0 amide bonds. The molecule has 0 unspecified atom stereocenters. The van der Waals surface area contributed by atoms with E-state index in [1.807, 2.05) is 0 Å². The van der Waals surface area contributed by atoms with Crippen LogP contribution >= 0.6 is 0 Å². The van der Waals surface area contributed by atoms with Crippen LogP contribution in [0.1, 0.15) is 148 Å². The SMILES string of the molecule is Cc1cc(-c2cc(-c3ccc(C(C)(C)C)cc3)cc(-c3cc(CC(C)C)cc(CC(C)C)c3)[n+]2-c2cc(-c3ccc(CC(C)C)cc3)c(C)c(-c3ccc(C(C)(C)C)cc3)c2)cc(C(C)(C)C)c1. The number of rotatable bonds is 12. The fraction of sp³-hybridized carbons (Fsp3) is 0.388. The maximum atomic E-state index is 2.62. The zero-order valence-electron chi connectivity index (χ0n) is 45.0. The first kappa shape index (κ1) is 50.3. The largest absolute Gasteiger partial charge is 0.219 e. The van der Waals surface area contributed by atoms with Gasteiger partial charge in [0.15, 0.2) is 0 Å².